The Morgan fingerprint density at radius 3 is 2.83 bits per heavy atom. The smallest absolute Gasteiger partial charge is 0.303 e. The summed E-state index contributed by atoms with van der Waals surface area (Å²) in [6, 6.07) is 1.37. The number of carboxylic acid groups (broad SMARTS) is 1. The van der Waals surface area contributed by atoms with E-state index in [9.17, 15) is 14.9 Å². The van der Waals surface area contributed by atoms with Crippen LogP contribution in [-0.2, 0) is 4.79 Å². The number of nitro groups is 1. The lowest BCUT2D eigenvalue weighted by Gasteiger charge is -2.14. The quantitative estimate of drug-likeness (QED) is 0.593. The van der Waals surface area contributed by atoms with Crippen molar-refractivity contribution >= 4 is 17.5 Å². The SMILES string of the molecule is Cc1cc([N+](=O)[O-])cnc1NC(C)CCC(=O)O. The molecule has 7 heteroatoms. The summed E-state index contributed by atoms with van der Waals surface area (Å²) in [5.74, 6) is -0.310. The minimum absolute atomic E-state index is 0.0590. The number of anilines is 1. The van der Waals surface area contributed by atoms with Crippen LogP contribution in [-0.4, -0.2) is 27.0 Å². The Morgan fingerprint density at radius 2 is 2.33 bits per heavy atom. The molecule has 0 aliphatic carbocycles. The molecule has 0 amide bonds. The van der Waals surface area contributed by atoms with Crippen molar-refractivity contribution in [1.82, 2.24) is 4.98 Å². The Labute approximate surface area is 104 Å². The lowest BCUT2D eigenvalue weighted by molar-refractivity contribution is -0.385. The van der Waals surface area contributed by atoms with Crippen LogP contribution in [0.4, 0.5) is 11.5 Å². The molecule has 98 valence electrons. The third kappa shape index (κ3) is 4.00. The monoisotopic (exact) mass is 253 g/mol. The number of nitrogens with one attached hydrogen (secondary N) is 1. The summed E-state index contributed by atoms with van der Waals surface area (Å²) in [4.78, 5) is 24.4. The minimum atomic E-state index is -0.850. The maximum absolute atomic E-state index is 10.5. The molecular formula is C11H15N3O4. The van der Waals surface area contributed by atoms with E-state index in [4.69, 9.17) is 5.11 Å². The van der Waals surface area contributed by atoms with Crippen LogP contribution < -0.4 is 5.32 Å². The summed E-state index contributed by atoms with van der Waals surface area (Å²) in [5.41, 5.74) is 0.600. The van der Waals surface area contributed by atoms with Crippen LogP contribution in [0.2, 0.25) is 0 Å². The molecule has 1 aromatic heterocycles. The van der Waals surface area contributed by atoms with E-state index < -0.39 is 10.9 Å². The molecule has 1 aromatic rings. The average molecular weight is 253 g/mol. The molecule has 18 heavy (non-hydrogen) atoms. The second kappa shape index (κ2) is 5.95. The van der Waals surface area contributed by atoms with Gasteiger partial charge in [0.25, 0.3) is 5.69 Å². The van der Waals surface area contributed by atoms with Gasteiger partial charge in [-0.2, -0.15) is 0 Å². The Bertz CT molecular complexity index is 462. The van der Waals surface area contributed by atoms with E-state index in [-0.39, 0.29) is 18.2 Å². The molecule has 0 aromatic carbocycles. The van der Waals surface area contributed by atoms with Crippen LogP contribution in [0.15, 0.2) is 12.3 Å². The third-order valence-corrected chi connectivity index (χ3v) is 2.45. The molecule has 7 nitrogen and oxygen atoms in total. The van der Waals surface area contributed by atoms with Gasteiger partial charge in [-0.15, -0.1) is 0 Å². The number of aromatic nitrogens is 1. The van der Waals surface area contributed by atoms with Crippen molar-refractivity contribution in [3.05, 3.63) is 27.9 Å². The van der Waals surface area contributed by atoms with Gasteiger partial charge in [0.05, 0.1) is 4.92 Å². The number of nitrogens with zero attached hydrogens (tertiary/aromatic N) is 2. The van der Waals surface area contributed by atoms with E-state index in [0.717, 1.165) is 0 Å². The number of aryl methyl sites for hydroxylation is 1. The van der Waals surface area contributed by atoms with Gasteiger partial charge >= 0.3 is 5.97 Å². The van der Waals surface area contributed by atoms with Crippen molar-refractivity contribution in [2.75, 3.05) is 5.32 Å². The van der Waals surface area contributed by atoms with Gasteiger partial charge < -0.3 is 10.4 Å². The Hall–Kier alpha value is -2.18. The fourth-order valence-electron chi connectivity index (χ4n) is 1.46. The van der Waals surface area contributed by atoms with Crippen molar-refractivity contribution in [3.63, 3.8) is 0 Å². The first kappa shape index (κ1) is 13.9. The maximum Gasteiger partial charge on any atom is 0.303 e. The summed E-state index contributed by atoms with van der Waals surface area (Å²) in [6.45, 7) is 3.55. The number of carboxylic acids is 1. The van der Waals surface area contributed by atoms with Crippen LogP contribution in [0, 0.1) is 17.0 Å². The molecule has 1 atom stereocenters. The van der Waals surface area contributed by atoms with Gasteiger partial charge in [-0.25, -0.2) is 4.98 Å². The van der Waals surface area contributed by atoms with Crippen LogP contribution in [0.1, 0.15) is 25.3 Å². The van der Waals surface area contributed by atoms with E-state index >= 15 is 0 Å². The summed E-state index contributed by atoms with van der Waals surface area (Å²) in [6.07, 6.45) is 1.72. The predicted molar refractivity (Wildman–Crippen MR) is 65.6 cm³/mol. The van der Waals surface area contributed by atoms with E-state index in [1.54, 1.807) is 6.92 Å². The highest BCUT2D eigenvalue weighted by atomic mass is 16.6. The number of aliphatic carboxylic acids is 1. The first-order chi connectivity index (χ1) is 8.40. The fourth-order valence-corrected chi connectivity index (χ4v) is 1.46. The molecule has 0 saturated carbocycles. The highest BCUT2D eigenvalue weighted by Crippen LogP contribution is 2.19. The Balaban J connectivity index is 2.67. The van der Waals surface area contributed by atoms with E-state index in [0.29, 0.717) is 17.8 Å². The zero-order chi connectivity index (χ0) is 13.7. The molecule has 0 spiro atoms. The van der Waals surface area contributed by atoms with Crippen LogP contribution >= 0.6 is 0 Å². The van der Waals surface area contributed by atoms with Crippen molar-refractivity contribution in [1.29, 1.82) is 0 Å². The summed E-state index contributed by atoms with van der Waals surface area (Å²) in [5, 5.41) is 22.1. The standard InChI is InChI=1S/C11H15N3O4/c1-7-5-9(14(17)18)6-12-11(7)13-8(2)3-4-10(15)16/h5-6,8H,3-4H2,1-2H3,(H,12,13)(H,15,16). The third-order valence-electron chi connectivity index (χ3n) is 2.45. The van der Waals surface area contributed by atoms with Gasteiger partial charge in [0.2, 0.25) is 0 Å². The fraction of sp³-hybridized carbons (Fsp3) is 0.455. The van der Waals surface area contributed by atoms with Crippen molar-refractivity contribution < 1.29 is 14.8 Å². The largest absolute Gasteiger partial charge is 0.481 e. The maximum atomic E-state index is 10.5. The molecule has 0 bridgehead atoms. The second-order valence-electron chi connectivity index (χ2n) is 4.09. The highest BCUT2D eigenvalue weighted by molar-refractivity contribution is 5.66. The molecule has 0 aliphatic rings. The van der Waals surface area contributed by atoms with E-state index in [1.807, 2.05) is 6.92 Å². The van der Waals surface area contributed by atoms with Crippen molar-refractivity contribution in [2.45, 2.75) is 32.7 Å². The molecule has 0 radical (unpaired) electrons. The van der Waals surface area contributed by atoms with Gasteiger partial charge in [0.15, 0.2) is 0 Å². The van der Waals surface area contributed by atoms with Crippen LogP contribution in [0.3, 0.4) is 0 Å². The molecule has 2 N–H and O–H groups in total. The highest BCUT2D eigenvalue weighted by Gasteiger charge is 2.11. The number of hydrogen-bond donors (Lipinski definition) is 2. The second-order valence-corrected chi connectivity index (χ2v) is 4.09. The average Bonchev–Trinajstić information content (AvgIpc) is 2.29. The molecule has 1 heterocycles. The first-order valence-electron chi connectivity index (χ1n) is 5.49. The number of rotatable bonds is 6. The van der Waals surface area contributed by atoms with Gasteiger partial charge in [-0.1, -0.05) is 0 Å². The topological polar surface area (TPSA) is 105 Å². The number of pyridine rings is 1. The van der Waals surface area contributed by atoms with E-state index in [2.05, 4.69) is 10.3 Å². The molecule has 0 aliphatic heterocycles. The lowest BCUT2D eigenvalue weighted by atomic mass is 10.1. The Kier molecular flexibility index (Phi) is 4.59. The van der Waals surface area contributed by atoms with Crippen molar-refractivity contribution in [3.8, 4) is 0 Å². The number of hydrogen-bond acceptors (Lipinski definition) is 5. The predicted octanol–water partition coefficient (Wildman–Crippen LogP) is 1.96. The van der Waals surface area contributed by atoms with Crippen LogP contribution in [0.5, 0.6) is 0 Å². The normalized spacial score (nSPS) is 11.9. The van der Waals surface area contributed by atoms with Gasteiger partial charge in [0.1, 0.15) is 12.0 Å². The molecule has 0 fully saturated rings. The Morgan fingerprint density at radius 1 is 1.67 bits per heavy atom. The zero-order valence-corrected chi connectivity index (χ0v) is 10.2. The van der Waals surface area contributed by atoms with Crippen LogP contribution in [0.25, 0.3) is 0 Å². The summed E-state index contributed by atoms with van der Waals surface area (Å²) in [7, 11) is 0. The molecule has 0 saturated heterocycles. The minimum Gasteiger partial charge on any atom is -0.481 e. The van der Waals surface area contributed by atoms with Gasteiger partial charge in [0, 0.05) is 18.5 Å². The first-order valence-corrected chi connectivity index (χ1v) is 5.49. The van der Waals surface area contributed by atoms with Crippen molar-refractivity contribution in [2.24, 2.45) is 0 Å². The van der Waals surface area contributed by atoms with Gasteiger partial charge in [-0.3, -0.25) is 14.9 Å². The number of carbonyl (C=O) groups is 1. The lowest BCUT2D eigenvalue weighted by Crippen LogP contribution is -2.18. The molecule has 1 unspecified atom stereocenters. The summed E-state index contributed by atoms with van der Waals surface area (Å²) < 4.78 is 0. The van der Waals surface area contributed by atoms with Gasteiger partial charge in [-0.05, 0) is 25.8 Å². The van der Waals surface area contributed by atoms with E-state index in [1.165, 1.54) is 12.3 Å². The molecular weight excluding hydrogens is 238 g/mol. The summed E-state index contributed by atoms with van der Waals surface area (Å²) >= 11 is 0. The molecule has 1 rings (SSSR count). The zero-order valence-electron chi connectivity index (χ0n) is 10.2.